The normalized spacial score (nSPS) is 27.8. The molecule has 1 saturated heterocycles. The molecule has 0 spiro atoms. The van der Waals surface area contributed by atoms with Crippen LogP contribution in [0.25, 0.3) is 0 Å². The van der Waals surface area contributed by atoms with Gasteiger partial charge in [-0.1, -0.05) is 0 Å². The first-order valence-electron chi connectivity index (χ1n) is 7.70. The largest absolute Gasteiger partial charge is 0.347 e. The second-order valence-electron chi connectivity index (χ2n) is 6.35. The van der Waals surface area contributed by atoms with E-state index in [4.69, 9.17) is 4.98 Å². The number of aromatic nitrogens is 2. The van der Waals surface area contributed by atoms with Gasteiger partial charge in [0.1, 0.15) is 5.82 Å². The first-order chi connectivity index (χ1) is 9.38. The summed E-state index contributed by atoms with van der Waals surface area (Å²) in [5.41, 5.74) is 0. The lowest BCUT2D eigenvalue weighted by Gasteiger charge is -2.32. The van der Waals surface area contributed by atoms with E-state index >= 15 is 0 Å². The monoisotopic (exact) mass is 278 g/mol. The summed E-state index contributed by atoms with van der Waals surface area (Å²) < 4.78 is 4.54. The number of hydrogen-bond acceptors (Lipinski definition) is 5. The van der Waals surface area contributed by atoms with Gasteiger partial charge in [0.25, 0.3) is 0 Å². The smallest absolute Gasteiger partial charge is 0.205 e. The summed E-state index contributed by atoms with van der Waals surface area (Å²) >= 11 is 1.61. The molecular weight excluding hydrogens is 256 g/mol. The number of anilines is 1. The summed E-state index contributed by atoms with van der Waals surface area (Å²) in [6, 6.07) is 0.832. The van der Waals surface area contributed by atoms with Crippen molar-refractivity contribution in [1.29, 1.82) is 0 Å². The van der Waals surface area contributed by atoms with Crippen LogP contribution in [0.3, 0.4) is 0 Å². The van der Waals surface area contributed by atoms with Gasteiger partial charge in [0, 0.05) is 36.6 Å². The van der Waals surface area contributed by atoms with E-state index in [1.165, 1.54) is 58.2 Å². The van der Waals surface area contributed by atoms with E-state index in [-0.39, 0.29) is 0 Å². The maximum absolute atomic E-state index is 4.75. The van der Waals surface area contributed by atoms with Gasteiger partial charge in [0.05, 0.1) is 0 Å². The maximum Gasteiger partial charge on any atom is 0.205 e. The van der Waals surface area contributed by atoms with Crippen molar-refractivity contribution in [2.75, 3.05) is 24.5 Å². The summed E-state index contributed by atoms with van der Waals surface area (Å²) in [7, 11) is 0. The van der Waals surface area contributed by atoms with Crippen molar-refractivity contribution in [3.05, 3.63) is 5.82 Å². The molecule has 1 N–H and O–H groups in total. The Bertz CT molecular complexity index is 438. The van der Waals surface area contributed by atoms with Gasteiger partial charge in [-0.25, -0.2) is 4.98 Å². The molecule has 2 heterocycles. The summed E-state index contributed by atoms with van der Waals surface area (Å²) in [5.74, 6) is 2.59. The minimum atomic E-state index is 0.683. The molecule has 5 heteroatoms. The zero-order valence-electron chi connectivity index (χ0n) is 11.3. The fraction of sp³-hybridized carbons (Fsp3) is 0.857. The first-order valence-corrected chi connectivity index (χ1v) is 8.48. The average molecular weight is 278 g/mol. The molecule has 3 aliphatic rings. The van der Waals surface area contributed by atoms with Crippen molar-refractivity contribution >= 4 is 16.7 Å². The highest BCUT2D eigenvalue weighted by atomic mass is 32.1. The number of rotatable bonds is 5. The van der Waals surface area contributed by atoms with Gasteiger partial charge in [0.15, 0.2) is 0 Å². The molecule has 104 valence electrons. The number of hydrogen-bond donors (Lipinski definition) is 1. The summed E-state index contributed by atoms with van der Waals surface area (Å²) in [6.45, 7) is 3.52. The van der Waals surface area contributed by atoms with E-state index in [2.05, 4.69) is 14.6 Å². The lowest BCUT2D eigenvalue weighted by molar-refractivity contribution is 0.391. The van der Waals surface area contributed by atoms with Crippen LogP contribution in [0.5, 0.6) is 0 Å². The molecule has 0 radical (unpaired) electrons. The van der Waals surface area contributed by atoms with Crippen LogP contribution in [-0.2, 0) is 0 Å². The highest BCUT2D eigenvalue weighted by molar-refractivity contribution is 7.09. The quantitative estimate of drug-likeness (QED) is 0.898. The van der Waals surface area contributed by atoms with E-state index in [0.717, 1.165) is 22.9 Å². The van der Waals surface area contributed by atoms with Crippen molar-refractivity contribution in [3.63, 3.8) is 0 Å². The molecule has 4 rings (SSSR count). The molecule has 1 aromatic rings. The molecule has 1 aromatic heterocycles. The highest BCUT2D eigenvalue weighted by Crippen LogP contribution is 2.40. The Morgan fingerprint density at radius 1 is 1.21 bits per heavy atom. The Kier molecular flexibility index (Phi) is 3.19. The standard InChI is InChI=1S/C14H22N4S/c1-2-10(8-15-12-5-6-12)9-18(7-1)14-16-13(17-19-14)11-3-4-11/h10-12,15H,1-9H2. The number of piperidine rings is 1. The van der Waals surface area contributed by atoms with Crippen molar-refractivity contribution in [3.8, 4) is 0 Å². The van der Waals surface area contributed by atoms with Gasteiger partial charge in [-0.15, -0.1) is 0 Å². The molecular formula is C14H22N4S. The van der Waals surface area contributed by atoms with Gasteiger partial charge < -0.3 is 10.2 Å². The van der Waals surface area contributed by atoms with Crippen molar-refractivity contribution in [1.82, 2.24) is 14.7 Å². The Morgan fingerprint density at radius 3 is 2.89 bits per heavy atom. The SMILES string of the molecule is C1CC(CNC2CC2)CN(c2nc(C3CC3)ns2)C1. The van der Waals surface area contributed by atoms with Gasteiger partial charge in [-0.2, -0.15) is 4.37 Å². The van der Waals surface area contributed by atoms with Crippen molar-refractivity contribution < 1.29 is 0 Å². The van der Waals surface area contributed by atoms with Crippen molar-refractivity contribution in [2.24, 2.45) is 5.92 Å². The third-order valence-electron chi connectivity index (χ3n) is 4.44. The third kappa shape index (κ3) is 2.92. The first kappa shape index (κ1) is 12.1. The third-order valence-corrected chi connectivity index (χ3v) is 5.23. The zero-order chi connectivity index (χ0) is 12.7. The number of nitrogens with one attached hydrogen (secondary N) is 1. The zero-order valence-corrected chi connectivity index (χ0v) is 12.2. The van der Waals surface area contributed by atoms with Crippen LogP contribution in [0.2, 0.25) is 0 Å². The van der Waals surface area contributed by atoms with Gasteiger partial charge >= 0.3 is 0 Å². The molecule has 19 heavy (non-hydrogen) atoms. The minimum Gasteiger partial charge on any atom is -0.347 e. The molecule has 0 aromatic carbocycles. The van der Waals surface area contributed by atoms with E-state index in [0.29, 0.717) is 5.92 Å². The van der Waals surface area contributed by atoms with Gasteiger partial charge in [-0.3, -0.25) is 0 Å². The molecule has 2 aliphatic carbocycles. The van der Waals surface area contributed by atoms with E-state index in [9.17, 15) is 0 Å². The Balaban J connectivity index is 1.35. The molecule has 1 aliphatic heterocycles. The van der Waals surface area contributed by atoms with Gasteiger partial charge in [0.2, 0.25) is 5.13 Å². The van der Waals surface area contributed by atoms with Crippen LogP contribution in [-0.4, -0.2) is 35.0 Å². The minimum absolute atomic E-state index is 0.683. The number of nitrogens with zero attached hydrogens (tertiary/aromatic N) is 3. The second kappa shape index (κ2) is 5.02. The lowest BCUT2D eigenvalue weighted by atomic mass is 9.98. The lowest BCUT2D eigenvalue weighted by Crippen LogP contribution is -2.40. The van der Waals surface area contributed by atoms with E-state index < -0.39 is 0 Å². The van der Waals surface area contributed by atoms with Crippen LogP contribution in [0.4, 0.5) is 5.13 Å². The molecule has 3 fully saturated rings. The second-order valence-corrected chi connectivity index (χ2v) is 7.08. The molecule has 0 amide bonds. The molecule has 0 bridgehead atoms. The Labute approximate surface area is 118 Å². The van der Waals surface area contributed by atoms with Gasteiger partial charge in [-0.05, 0) is 51.0 Å². The maximum atomic E-state index is 4.75. The topological polar surface area (TPSA) is 41.0 Å². The Hall–Kier alpha value is -0.680. The molecule has 1 atom stereocenters. The fourth-order valence-electron chi connectivity index (χ4n) is 2.89. The molecule has 4 nitrogen and oxygen atoms in total. The van der Waals surface area contributed by atoms with E-state index in [1.807, 2.05) is 0 Å². The van der Waals surface area contributed by atoms with Crippen LogP contribution in [0.15, 0.2) is 0 Å². The van der Waals surface area contributed by atoms with Crippen molar-refractivity contribution in [2.45, 2.75) is 50.5 Å². The fourth-order valence-corrected chi connectivity index (χ4v) is 3.67. The summed E-state index contributed by atoms with van der Waals surface area (Å²) in [5, 5.41) is 4.84. The van der Waals surface area contributed by atoms with Crippen LogP contribution >= 0.6 is 11.5 Å². The molecule has 1 unspecified atom stereocenters. The predicted octanol–water partition coefficient (Wildman–Crippen LogP) is 2.38. The predicted molar refractivity (Wildman–Crippen MR) is 77.8 cm³/mol. The molecule has 2 saturated carbocycles. The van der Waals surface area contributed by atoms with Crippen LogP contribution in [0, 0.1) is 5.92 Å². The summed E-state index contributed by atoms with van der Waals surface area (Å²) in [4.78, 5) is 7.22. The highest BCUT2D eigenvalue weighted by Gasteiger charge is 2.30. The Morgan fingerprint density at radius 2 is 2.11 bits per heavy atom. The summed E-state index contributed by atoms with van der Waals surface area (Å²) in [6.07, 6.45) is 8.03. The van der Waals surface area contributed by atoms with Crippen LogP contribution < -0.4 is 10.2 Å². The average Bonchev–Trinajstić information content (AvgIpc) is 3.37. The van der Waals surface area contributed by atoms with E-state index in [1.54, 1.807) is 11.5 Å². The van der Waals surface area contributed by atoms with Crippen LogP contribution in [0.1, 0.15) is 50.3 Å².